The van der Waals surface area contributed by atoms with Crippen molar-refractivity contribution in [1.29, 1.82) is 0 Å². The largest absolute Gasteiger partial charge is 0.481 e. The van der Waals surface area contributed by atoms with Crippen molar-refractivity contribution >= 4 is 11.9 Å². The van der Waals surface area contributed by atoms with Crippen LogP contribution >= 0.6 is 0 Å². The summed E-state index contributed by atoms with van der Waals surface area (Å²) < 4.78 is 15.0. The number of carbonyl (C=O) groups excluding carboxylic acids is 1. The average molecular weight is 305 g/mol. The molecule has 7 heteroatoms. The lowest BCUT2D eigenvalue weighted by Crippen LogP contribution is -2.33. The zero-order valence-electron chi connectivity index (χ0n) is 12.1. The first-order chi connectivity index (χ1) is 10.5. The number of carboxylic acids is 1. The Morgan fingerprint density at radius 2 is 2.05 bits per heavy atom. The molecule has 1 aromatic carbocycles. The van der Waals surface area contributed by atoms with Crippen LogP contribution in [0.5, 0.6) is 0 Å². The highest BCUT2D eigenvalue weighted by Gasteiger charge is 2.18. The molecular weight excluding hydrogens is 289 g/mol. The van der Waals surface area contributed by atoms with Crippen molar-refractivity contribution in [3.63, 3.8) is 0 Å². The molecule has 0 saturated carbocycles. The maximum atomic E-state index is 13.7. The van der Waals surface area contributed by atoms with Crippen molar-refractivity contribution in [3.05, 3.63) is 48.0 Å². The molecule has 0 aliphatic carbocycles. The Morgan fingerprint density at radius 1 is 1.32 bits per heavy atom. The molecule has 0 saturated heterocycles. The lowest BCUT2D eigenvalue weighted by atomic mass is 10.3. The van der Waals surface area contributed by atoms with Crippen LogP contribution in [-0.2, 0) is 4.79 Å². The van der Waals surface area contributed by atoms with E-state index >= 15 is 0 Å². The third kappa shape index (κ3) is 3.49. The molecule has 0 unspecified atom stereocenters. The van der Waals surface area contributed by atoms with Gasteiger partial charge in [-0.15, -0.1) is 0 Å². The van der Waals surface area contributed by atoms with Crippen molar-refractivity contribution in [2.24, 2.45) is 0 Å². The summed E-state index contributed by atoms with van der Waals surface area (Å²) in [4.78, 5) is 24.3. The normalized spacial score (nSPS) is 10.5. The Labute approximate surface area is 126 Å². The maximum absolute atomic E-state index is 13.7. The van der Waals surface area contributed by atoms with Crippen LogP contribution in [0.15, 0.2) is 36.5 Å². The van der Waals surface area contributed by atoms with Crippen LogP contribution in [-0.4, -0.2) is 44.8 Å². The summed E-state index contributed by atoms with van der Waals surface area (Å²) in [6, 6.07) is 7.59. The molecule has 0 bridgehead atoms. The second-order valence-electron chi connectivity index (χ2n) is 4.63. The number of hydrogen-bond donors (Lipinski definition) is 1. The summed E-state index contributed by atoms with van der Waals surface area (Å²) >= 11 is 0. The van der Waals surface area contributed by atoms with Crippen molar-refractivity contribution in [2.75, 3.05) is 13.1 Å². The predicted molar refractivity (Wildman–Crippen MR) is 77.4 cm³/mol. The molecule has 0 fully saturated rings. The number of carbonyl (C=O) groups is 2. The highest BCUT2D eigenvalue weighted by molar-refractivity contribution is 5.92. The molecule has 116 valence electrons. The highest BCUT2D eigenvalue weighted by atomic mass is 19.1. The van der Waals surface area contributed by atoms with Crippen LogP contribution in [0.2, 0.25) is 0 Å². The average Bonchev–Trinajstić information content (AvgIpc) is 2.97. The molecular formula is C15H16FN3O3. The summed E-state index contributed by atoms with van der Waals surface area (Å²) in [5.41, 5.74) is 0.394. The molecule has 2 aromatic rings. The van der Waals surface area contributed by atoms with Gasteiger partial charge in [0.05, 0.1) is 6.42 Å². The Hall–Kier alpha value is -2.70. The third-order valence-corrected chi connectivity index (χ3v) is 3.17. The zero-order valence-corrected chi connectivity index (χ0v) is 12.1. The molecule has 2 rings (SSSR count). The standard InChI is InChI=1S/C15H16FN3O3/c1-2-18(9-8-14(20)21)15(22)12-7-10-19(17-12)13-6-4-3-5-11(13)16/h3-7,10H,2,8-9H2,1H3,(H,20,21). The number of aliphatic carboxylic acids is 1. The van der Waals surface area contributed by atoms with E-state index in [1.165, 1.54) is 27.9 Å². The number of rotatable bonds is 6. The van der Waals surface area contributed by atoms with Gasteiger partial charge in [-0.3, -0.25) is 9.59 Å². The second-order valence-corrected chi connectivity index (χ2v) is 4.63. The van der Waals surface area contributed by atoms with E-state index in [-0.39, 0.29) is 30.3 Å². The van der Waals surface area contributed by atoms with Crippen LogP contribution in [0.1, 0.15) is 23.8 Å². The first-order valence-corrected chi connectivity index (χ1v) is 6.84. The highest BCUT2D eigenvalue weighted by Crippen LogP contribution is 2.13. The fourth-order valence-corrected chi connectivity index (χ4v) is 2.01. The van der Waals surface area contributed by atoms with Crippen LogP contribution < -0.4 is 0 Å². The number of para-hydroxylation sites is 1. The Morgan fingerprint density at radius 3 is 2.68 bits per heavy atom. The van der Waals surface area contributed by atoms with Gasteiger partial charge in [-0.05, 0) is 25.1 Å². The summed E-state index contributed by atoms with van der Waals surface area (Å²) in [7, 11) is 0. The fourth-order valence-electron chi connectivity index (χ4n) is 2.01. The number of benzene rings is 1. The van der Waals surface area contributed by atoms with Crippen LogP contribution in [0.25, 0.3) is 5.69 Å². The van der Waals surface area contributed by atoms with Gasteiger partial charge in [0, 0.05) is 19.3 Å². The Balaban J connectivity index is 2.18. The minimum Gasteiger partial charge on any atom is -0.481 e. The van der Waals surface area contributed by atoms with Gasteiger partial charge in [-0.25, -0.2) is 9.07 Å². The van der Waals surface area contributed by atoms with Crippen LogP contribution in [0, 0.1) is 5.82 Å². The molecule has 0 atom stereocenters. The lowest BCUT2D eigenvalue weighted by Gasteiger charge is -2.18. The molecule has 0 radical (unpaired) electrons. The number of carboxylic acid groups (broad SMARTS) is 1. The summed E-state index contributed by atoms with van der Waals surface area (Å²) in [5.74, 6) is -1.79. The second kappa shape index (κ2) is 6.84. The van der Waals surface area contributed by atoms with Gasteiger partial charge in [-0.2, -0.15) is 5.10 Å². The molecule has 0 aliphatic heterocycles. The molecule has 1 N–H and O–H groups in total. The van der Waals surface area contributed by atoms with Gasteiger partial charge in [-0.1, -0.05) is 12.1 Å². The molecule has 6 nitrogen and oxygen atoms in total. The van der Waals surface area contributed by atoms with Gasteiger partial charge in [0.1, 0.15) is 11.5 Å². The number of aromatic nitrogens is 2. The van der Waals surface area contributed by atoms with Crippen molar-refractivity contribution < 1.29 is 19.1 Å². The predicted octanol–water partition coefficient (Wildman–Crippen LogP) is 1.95. The minimum absolute atomic E-state index is 0.108. The van der Waals surface area contributed by atoms with E-state index in [0.29, 0.717) is 6.54 Å². The van der Waals surface area contributed by atoms with Gasteiger partial charge < -0.3 is 10.0 Å². The van der Waals surface area contributed by atoms with E-state index in [4.69, 9.17) is 5.11 Å². The van der Waals surface area contributed by atoms with Crippen molar-refractivity contribution in [1.82, 2.24) is 14.7 Å². The SMILES string of the molecule is CCN(CCC(=O)O)C(=O)c1ccn(-c2ccccc2F)n1. The third-order valence-electron chi connectivity index (χ3n) is 3.17. The van der Waals surface area contributed by atoms with Gasteiger partial charge in [0.2, 0.25) is 0 Å². The van der Waals surface area contributed by atoms with Crippen molar-refractivity contribution in [2.45, 2.75) is 13.3 Å². The van der Waals surface area contributed by atoms with Gasteiger partial charge in [0.15, 0.2) is 5.69 Å². The van der Waals surface area contributed by atoms with Gasteiger partial charge in [0.25, 0.3) is 5.91 Å². The van der Waals surface area contributed by atoms with Crippen LogP contribution in [0.4, 0.5) is 4.39 Å². The smallest absolute Gasteiger partial charge is 0.305 e. The number of amides is 1. The maximum Gasteiger partial charge on any atom is 0.305 e. The van der Waals surface area contributed by atoms with E-state index in [9.17, 15) is 14.0 Å². The quantitative estimate of drug-likeness (QED) is 0.885. The first kappa shape index (κ1) is 15.7. The zero-order chi connectivity index (χ0) is 16.1. The Bertz CT molecular complexity index is 684. The van der Waals surface area contributed by atoms with E-state index in [1.807, 2.05) is 0 Å². The number of halogens is 1. The molecule has 1 heterocycles. The van der Waals surface area contributed by atoms with Crippen molar-refractivity contribution in [3.8, 4) is 5.69 Å². The molecule has 22 heavy (non-hydrogen) atoms. The Kier molecular flexibility index (Phi) is 4.88. The van der Waals surface area contributed by atoms with Crippen LogP contribution in [0.3, 0.4) is 0 Å². The monoisotopic (exact) mass is 305 g/mol. The molecule has 1 amide bonds. The number of nitrogens with zero attached hydrogens (tertiary/aromatic N) is 3. The number of hydrogen-bond acceptors (Lipinski definition) is 3. The fraction of sp³-hybridized carbons (Fsp3) is 0.267. The molecule has 1 aromatic heterocycles. The summed E-state index contributed by atoms with van der Waals surface area (Å²) in [6.07, 6.45) is 1.37. The summed E-state index contributed by atoms with van der Waals surface area (Å²) in [6.45, 7) is 2.24. The van der Waals surface area contributed by atoms with Gasteiger partial charge >= 0.3 is 5.97 Å². The topological polar surface area (TPSA) is 75.4 Å². The molecule has 0 spiro atoms. The van der Waals surface area contributed by atoms with E-state index in [0.717, 1.165) is 0 Å². The summed E-state index contributed by atoms with van der Waals surface area (Å²) in [5, 5.41) is 12.8. The van der Waals surface area contributed by atoms with E-state index < -0.39 is 11.8 Å². The molecule has 0 aliphatic rings. The minimum atomic E-state index is -0.969. The lowest BCUT2D eigenvalue weighted by molar-refractivity contribution is -0.137. The van der Waals surface area contributed by atoms with E-state index in [2.05, 4.69) is 5.10 Å². The first-order valence-electron chi connectivity index (χ1n) is 6.84. The van der Waals surface area contributed by atoms with E-state index in [1.54, 1.807) is 25.1 Å².